The number of carbonyl (C=O) groups is 2. The Morgan fingerprint density at radius 1 is 1.35 bits per heavy atom. The molecule has 1 unspecified atom stereocenters. The number of halogens is 4. The second-order valence-electron chi connectivity index (χ2n) is 3.96. The number of benzene rings is 1. The monoisotopic (exact) mass is 309 g/mol. The fourth-order valence-electron chi connectivity index (χ4n) is 1.33. The van der Waals surface area contributed by atoms with E-state index in [0.717, 1.165) is 12.1 Å². The molecule has 5 N–H and O–H groups in total. The Balaban J connectivity index is 2.84. The minimum absolute atomic E-state index is 0.0374. The topological polar surface area (TPSA) is 98.2 Å². The van der Waals surface area contributed by atoms with Gasteiger partial charge in [0, 0.05) is 0 Å². The van der Waals surface area contributed by atoms with Crippen LogP contribution in [0.15, 0.2) is 18.2 Å². The van der Waals surface area contributed by atoms with Crippen LogP contribution in [0.4, 0.5) is 18.9 Å². The number of anilines is 1. The standard InChI is InChI=1S/C11H11ClF3N3O2/c12-6-3-5(11(13,14)15)1-2-8(6)18-10(20)7(16)4-9(17)19/h1-3,7H,4,16H2,(H2,17,19)(H,18,20). The van der Waals surface area contributed by atoms with Gasteiger partial charge >= 0.3 is 6.18 Å². The van der Waals surface area contributed by atoms with Crippen molar-refractivity contribution < 1.29 is 22.8 Å². The summed E-state index contributed by atoms with van der Waals surface area (Å²) in [6, 6.07) is 1.24. The molecule has 1 aromatic carbocycles. The van der Waals surface area contributed by atoms with Crippen LogP contribution in [0.3, 0.4) is 0 Å². The average molecular weight is 310 g/mol. The molecule has 2 amide bonds. The van der Waals surface area contributed by atoms with Crippen LogP contribution in [0.25, 0.3) is 0 Å². The highest BCUT2D eigenvalue weighted by Gasteiger charge is 2.31. The average Bonchev–Trinajstić information content (AvgIpc) is 2.29. The molecule has 0 spiro atoms. The van der Waals surface area contributed by atoms with Gasteiger partial charge in [-0.25, -0.2) is 0 Å². The highest BCUT2D eigenvalue weighted by molar-refractivity contribution is 6.33. The van der Waals surface area contributed by atoms with Crippen LogP contribution in [-0.4, -0.2) is 17.9 Å². The Labute approximate surface area is 117 Å². The third-order valence-corrected chi connectivity index (χ3v) is 2.62. The SMILES string of the molecule is NC(=O)CC(N)C(=O)Nc1ccc(C(F)(F)F)cc1Cl. The van der Waals surface area contributed by atoms with Crippen LogP contribution in [0.1, 0.15) is 12.0 Å². The van der Waals surface area contributed by atoms with E-state index in [4.69, 9.17) is 23.1 Å². The maximum absolute atomic E-state index is 12.4. The Hall–Kier alpha value is -1.80. The van der Waals surface area contributed by atoms with Crippen molar-refractivity contribution in [3.05, 3.63) is 28.8 Å². The number of amides is 2. The van der Waals surface area contributed by atoms with Gasteiger partial charge in [-0.3, -0.25) is 9.59 Å². The first-order valence-corrected chi connectivity index (χ1v) is 5.70. The summed E-state index contributed by atoms with van der Waals surface area (Å²) in [7, 11) is 0. The van der Waals surface area contributed by atoms with E-state index in [0.29, 0.717) is 6.07 Å². The molecule has 0 aromatic heterocycles. The number of hydrogen-bond acceptors (Lipinski definition) is 3. The van der Waals surface area contributed by atoms with Gasteiger partial charge in [-0.1, -0.05) is 11.6 Å². The van der Waals surface area contributed by atoms with E-state index in [1.807, 2.05) is 0 Å². The van der Waals surface area contributed by atoms with Crippen molar-refractivity contribution in [1.29, 1.82) is 0 Å². The van der Waals surface area contributed by atoms with Gasteiger partial charge in [-0.2, -0.15) is 13.2 Å². The zero-order chi connectivity index (χ0) is 15.5. The quantitative estimate of drug-likeness (QED) is 0.786. The van der Waals surface area contributed by atoms with Crippen molar-refractivity contribution in [2.24, 2.45) is 11.5 Å². The first-order chi connectivity index (χ1) is 9.11. The molecule has 0 radical (unpaired) electrons. The third kappa shape index (κ3) is 4.39. The summed E-state index contributed by atoms with van der Waals surface area (Å²) in [5.74, 6) is -1.54. The smallest absolute Gasteiger partial charge is 0.370 e. The summed E-state index contributed by atoms with van der Waals surface area (Å²) in [4.78, 5) is 22.2. The lowest BCUT2D eigenvalue weighted by Crippen LogP contribution is -2.39. The predicted molar refractivity (Wildman–Crippen MR) is 66.9 cm³/mol. The molecule has 0 aliphatic rings. The predicted octanol–water partition coefficient (Wildman–Crippen LogP) is 1.50. The minimum atomic E-state index is -4.53. The molecule has 0 saturated carbocycles. The second-order valence-corrected chi connectivity index (χ2v) is 4.37. The van der Waals surface area contributed by atoms with Crippen molar-refractivity contribution in [2.75, 3.05) is 5.32 Å². The van der Waals surface area contributed by atoms with Crippen molar-refractivity contribution in [1.82, 2.24) is 0 Å². The third-order valence-electron chi connectivity index (χ3n) is 2.31. The first kappa shape index (κ1) is 16.3. The van der Waals surface area contributed by atoms with Crippen molar-refractivity contribution in [2.45, 2.75) is 18.6 Å². The summed E-state index contributed by atoms with van der Waals surface area (Å²) in [6.45, 7) is 0. The van der Waals surface area contributed by atoms with Gasteiger partial charge < -0.3 is 16.8 Å². The molecule has 0 aliphatic carbocycles. The molecule has 0 fully saturated rings. The highest BCUT2D eigenvalue weighted by Crippen LogP contribution is 2.33. The molecule has 0 bridgehead atoms. The van der Waals surface area contributed by atoms with Gasteiger partial charge in [0.1, 0.15) is 0 Å². The van der Waals surface area contributed by atoms with E-state index in [2.05, 4.69) is 5.32 Å². The molecule has 1 atom stereocenters. The maximum Gasteiger partial charge on any atom is 0.416 e. The van der Waals surface area contributed by atoms with Gasteiger partial charge in [-0.05, 0) is 18.2 Å². The van der Waals surface area contributed by atoms with Crippen LogP contribution in [0.2, 0.25) is 5.02 Å². The lowest BCUT2D eigenvalue weighted by Gasteiger charge is -2.13. The normalized spacial score (nSPS) is 12.8. The lowest BCUT2D eigenvalue weighted by molar-refractivity contribution is -0.137. The van der Waals surface area contributed by atoms with Gasteiger partial charge in [0.2, 0.25) is 11.8 Å². The Morgan fingerprint density at radius 3 is 2.40 bits per heavy atom. The Morgan fingerprint density at radius 2 is 1.95 bits per heavy atom. The van der Waals surface area contributed by atoms with E-state index in [1.165, 1.54) is 0 Å². The number of rotatable bonds is 4. The fourth-order valence-corrected chi connectivity index (χ4v) is 1.56. The van der Waals surface area contributed by atoms with Crippen LogP contribution in [-0.2, 0) is 15.8 Å². The van der Waals surface area contributed by atoms with Gasteiger partial charge in [0.25, 0.3) is 0 Å². The zero-order valence-corrected chi connectivity index (χ0v) is 10.8. The molecule has 0 heterocycles. The van der Waals surface area contributed by atoms with Crippen LogP contribution in [0.5, 0.6) is 0 Å². The summed E-state index contributed by atoms with van der Waals surface area (Å²) < 4.78 is 37.2. The summed E-state index contributed by atoms with van der Waals surface area (Å²) in [5.41, 5.74) is 9.27. The number of primary amides is 1. The van der Waals surface area contributed by atoms with E-state index in [9.17, 15) is 22.8 Å². The van der Waals surface area contributed by atoms with Crippen molar-refractivity contribution >= 4 is 29.1 Å². The molecule has 1 rings (SSSR count). The number of nitrogens with one attached hydrogen (secondary N) is 1. The van der Waals surface area contributed by atoms with Crippen LogP contribution in [0, 0.1) is 0 Å². The van der Waals surface area contributed by atoms with Crippen LogP contribution >= 0.6 is 11.6 Å². The van der Waals surface area contributed by atoms with E-state index in [-0.39, 0.29) is 17.1 Å². The number of nitrogens with two attached hydrogens (primary N) is 2. The van der Waals surface area contributed by atoms with Crippen molar-refractivity contribution in [3.63, 3.8) is 0 Å². The molecule has 0 aliphatic heterocycles. The highest BCUT2D eigenvalue weighted by atomic mass is 35.5. The van der Waals surface area contributed by atoms with Crippen molar-refractivity contribution in [3.8, 4) is 0 Å². The molecule has 9 heteroatoms. The number of alkyl halides is 3. The lowest BCUT2D eigenvalue weighted by atomic mass is 10.1. The maximum atomic E-state index is 12.4. The largest absolute Gasteiger partial charge is 0.416 e. The minimum Gasteiger partial charge on any atom is -0.370 e. The summed E-state index contributed by atoms with van der Waals surface area (Å²) >= 11 is 5.64. The number of hydrogen-bond donors (Lipinski definition) is 3. The molecule has 110 valence electrons. The molecule has 1 aromatic rings. The molecule has 5 nitrogen and oxygen atoms in total. The van der Waals surface area contributed by atoms with Gasteiger partial charge in [0.15, 0.2) is 0 Å². The molecule has 0 saturated heterocycles. The Kier molecular flexibility index (Phi) is 4.96. The summed E-state index contributed by atoms with van der Waals surface area (Å²) in [6.07, 6.45) is -4.92. The Bertz CT molecular complexity index is 534. The zero-order valence-electron chi connectivity index (χ0n) is 10.00. The molecular formula is C11H11ClF3N3O2. The summed E-state index contributed by atoms with van der Waals surface area (Å²) in [5, 5.41) is 1.93. The van der Waals surface area contributed by atoms with Gasteiger partial charge in [-0.15, -0.1) is 0 Å². The number of carbonyl (C=O) groups excluding carboxylic acids is 2. The second kappa shape index (κ2) is 6.10. The van der Waals surface area contributed by atoms with E-state index < -0.39 is 29.6 Å². The van der Waals surface area contributed by atoms with E-state index in [1.54, 1.807) is 0 Å². The first-order valence-electron chi connectivity index (χ1n) is 5.32. The molecular weight excluding hydrogens is 299 g/mol. The van der Waals surface area contributed by atoms with E-state index >= 15 is 0 Å². The fraction of sp³-hybridized carbons (Fsp3) is 0.273. The van der Waals surface area contributed by atoms with Gasteiger partial charge in [0.05, 0.1) is 28.7 Å². The van der Waals surface area contributed by atoms with Crippen LogP contribution < -0.4 is 16.8 Å². The molecule has 20 heavy (non-hydrogen) atoms.